The minimum absolute atomic E-state index is 0.0180. The van der Waals surface area contributed by atoms with Gasteiger partial charge < -0.3 is 10.1 Å². The van der Waals surface area contributed by atoms with Gasteiger partial charge in [-0.25, -0.2) is 0 Å². The highest BCUT2D eigenvalue weighted by atomic mass is 16.5. The summed E-state index contributed by atoms with van der Waals surface area (Å²) < 4.78 is 4.83. The average molecular weight is 299 g/mol. The highest BCUT2D eigenvalue weighted by Gasteiger charge is 2.41. The molecule has 3 amide bonds. The predicted octanol–water partition coefficient (Wildman–Crippen LogP) is -0.345. The van der Waals surface area contributed by atoms with Gasteiger partial charge in [-0.05, 0) is 12.8 Å². The Morgan fingerprint density at radius 3 is 2.62 bits per heavy atom. The Morgan fingerprint density at radius 1 is 1.38 bits per heavy atom. The first-order valence-corrected chi connectivity index (χ1v) is 7.40. The molecule has 0 spiro atoms. The molecule has 120 valence electrons. The van der Waals surface area contributed by atoms with Crippen LogP contribution in [0.4, 0.5) is 0 Å². The standard InChI is InChI=1S/C14H25N3O4/c1-4-10(5-2)17-13(19)8-11(14(17)20)16-9-12(18)15-6-7-21-3/h10-11,16H,4-9H2,1-3H3,(H,15,18). The minimum Gasteiger partial charge on any atom is -0.383 e. The summed E-state index contributed by atoms with van der Waals surface area (Å²) in [6.07, 6.45) is 1.62. The van der Waals surface area contributed by atoms with Crippen molar-refractivity contribution in [1.29, 1.82) is 0 Å². The third kappa shape index (κ3) is 4.78. The molecule has 0 bridgehead atoms. The molecule has 1 saturated heterocycles. The molecule has 0 aromatic rings. The van der Waals surface area contributed by atoms with Crippen LogP contribution < -0.4 is 10.6 Å². The van der Waals surface area contributed by atoms with Crippen molar-refractivity contribution >= 4 is 17.7 Å². The Bertz CT molecular complexity index is 382. The second-order valence-corrected chi connectivity index (χ2v) is 5.05. The molecular weight excluding hydrogens is 274 g/mol. The van der Waals surface area contributed by atoms with Gasteiger partial charge in [0.1, 0.15) is 0 Å². The Hall–Kier alpha value is -1.47. The second kappa shape index (κ2) is 8.74. The van der Waals surface area contributed by atoms with Gasteiger partial charge in [-0.15, -0.1) is 0 Å². The van der Waals surface area contributed by atoms with Crippen LogP contribution in [0, 0.1) is 0 Å². The Balaban J connectivity index is 2.45. The van der Waals surface area contributed by atoms with Crippen LogP contribution in [0.25, 0.3) is 0 Å². The molecule has 0 aromatic carbocycles. The SMILES string of the molecule is CCC(CC)N1C(=O)CC(NCC(=O)NCCOC)C1=O. The van der Waals surface area contributed by atoms with Crippen molar-refractivity contribution in [3.63, 3.8) is 0 Å². The van der Waals surface area contributed by atoms with Crippen LogP contribution in [0.1, 0.15) is 33.1 Å². The minimum atomic E-state index is -0.591. The fraction of sp³-hybridized carbons (Fsp3) is 0.786. The molecule has 1 unspecified atom stereocenters. The third-order valence-electron chi connectivity index (χ3n) is 3.63. The lowest BCUT2D eigenvalue weighted by molar-refractivity contribution is -0.141. The maximum absolute atomic E-state index is 12.2. The molecule has 1 fully saturated rings. The van der Waals surface area contributed by atoms with Crippen molar-refractivity contribution in [2.45, 2.75) is 45.2 Å². The van der Waals surface area contributed by atoms with E-state index in [1.165, 1.54) is 4.90 Å². The first kappa shape index (κ1) is 17.6. The maximum atomic E-state index is 12.2. The van der Waals surface area contributed by atoms with Crippen LogP contribution >= 0.6 is 0 Å². The van der Waals surface area contributed by atoms with Crippen LogP contribution in [0.5, 0.6) is 0 Å². The zero-order valence-electron chi connectivity index (χ0n) is 13.0. The highest BCUT2D eigenvalue weighted by Crippen LogP contribution is 2.19. The first-order chi connectivity index (χ1) is 10.0. The summed E-state index contributed by atoms with van der Waals surface area (Å²) in [4.78, 5) is 37.1. The van der Waals surface area contributed by atoms with Crippen molar-refractivity contribution in [2.24, 2.45) is 0 Å². The number of ether oxygens (including phenoxy) is 1. The molecule has 2 N–H and O–H groups in total. The number of imide groups is 1. The van der Waals surface area contributed by atoms with E-state index in [1.807, 2.05) is 13.8 Å². The fourth-order valence-electron chi connectivity index (χ4n) is 2.42. The van der Waals surface area contributed by atoms with E-state index in [4.69, 9.17) is 4.74 Å². The monoisotopic (exact) mass is 299 g/mol. The molecule has 7 nitrogen and oxygen atoms in total. The van der Waals surface area contributed by atoms with Crippen LogP contribution in [-0.2, 0) is 19.1 Å². The lowest BCUT2D eigenvalue weighted by Crippen LogP contribution is -2.46. The number of hydrogen-bond acceptors (Lipinski definition) is 5. The number of rotatable bonds is 9. The van der Waals surface area contributed by atoms with Crippen LogP contribution in [0.2, 0.25) is 0 Å². The highest BCUT2D eigenvalue weighted by molar-refractivity contribution is 6.06. The normalized spacial score (nSPS) is 18.7. The third-order valence-corrected chi connectivity index (χ3v) is 3.63. The Labute approximate surface area is 125 Å². The van der Waals surface area contributed by atoms with E-state index < -0.39 is 6.04 Å². The van der Waals surface area contributed by atoms with E-state index in [2.05, 4.69) is 10.6 Å². The topological polar surface area (TPSA) is 87.7 Å². The summed E-state index contributed by atoms with van der Waals surface area (Å²) in [5, 5.41) is 5.51. The fourth-order valence-corrected chi connectivity index (χ4v) is 2.42. The Morgan fingerprint density at radius 2 is 2.05 bits per heavy atom. The van der Waals surface area contributed by atoms with Crippen molar-refractivity contribution in [1.82, 2.24) is 15.5 Å². The van der Waals surface area contributed by atoms with Gasteiger partial charge in [-0.3, -0.25) is 24.6 Å². The van der Waals surface area contributed by atoms with E-state index in [0.717, 1.165) is 12.8 Å². The molecule has 0 radical (unpaired) electrons. The largest absolute Gasteiger partial charge is 0.383 e. The number of amides is 3. The number of carbonyl (C=O) groups is 3. The molecule has 1 aliphatic rings. The van der Waals surface area contributed by atoms with E-state index in [0.29, 0.717) is 13.2 Å². The average Bonchev–Trinajstić information content (AvgIpc) is 2.74. The zero-order chi connectivity index (χ0) is 15.8. The maximum Gasteiger partial charge on any atom is 0.247 e. The molecule has 0 aliphatic carbocycles. The number of carbonyl (C=O) groups excluding carboxylic acids is 3. The lowest BCUT2D eigenvalue weighted by atomic mass is 10.1. The van der Waals surface area contributed by atoms with E-state index in [-0.39, 0.29) is 36.7 Å². The molecule has 0 aromatic heterocycles. The van der Waals surface area contributed by atoms with Gasteiger partial charge >= 0.3 is 0 Å². The molecular formula is C14H25N3O4. The summed E-state index contributed by atoms with van der Waals surface area (Å²) in [7, 11) is 1.56. The molecule has 21 heavy (non-hydrogen) atoms. The molecule has 1 heterocycles. The lowest BCUT2D eigenvalue weighted by Gasteiger charge is -2.24. The molecule has 1 atom stereocenters. The molecule has 0 saturated carbocycles. The van der Waals surface area contributed by atoms with Gasteiger partial charge in [0.2, 0.25) is 17.7 Å². The zero-order valence-corrected chi connectivity index (χ0v) is 13.0. The second-order valence-electron chi connectivity index (χ2n) is 5.05. The van der Waals surface area contributed by atoms with Crippen molar-refractivity contribution in [2.75, 3.05) is 26.8 Å². The van der Waals surface area contributed by atoms with Gasteiger partial charge in [0.15, 0.2) is 0 Å². The smallest absolute Gasteiger partial charge is 0.247 e. The number of nitrogens with zero attached hydrogens (tertiary/aromatic N) is 1. The van der Waals surface area contributed by atoms with E-state index in [1.54, 1.807) is 7.11 Å². The van der Waals surface area contributed by atoms with Gasteiger partial charge in [0.25, 0.3) is 0 Å². The summed E-state index contributed by atoms with van der Waals surface area (Å²) in [5.41, 5.74) is 0. The van der Waals surface area contributed by atoms with Gasteiger partial charge in [-0.1, -0.05) is 13.8 Å². The van der Waals surface area contributed by atoms with Gasteiger partial charge in [-0.2, -0.15) is 0 Å². The first-order valence-electron chi connectivity index (χ1n) is 7.40. The van der Waals surface area contributed by atoms with E-state index >= 15 is 0 Å². The van der Waals surface area contributed by atoms with Gasteiger partial charge in [0, 0.05) is 19.7 Å². The summed E-state index contributed by atoms with van der Waals surface area (Å²) in [6.45, 7) is 4.80. The van der Waals surface area contributed by atoms with Crippen molar-refractivity contribution in [3.8, 4) is 0 Å². The summed E-state index contributed by atoms with van der Waals surface area (Å²) in [5.74, 6) is -0.599. The molecule has 1 rings (SSSR count). The predicted molar refractivity (Wildman–Crippen MR) is 77.5 cm³/mol. The van der Waals surface area contributed by atoms with Gasteiger partial charge in [0.05, 0.1) is 25.6 Å². The van der Waals surface area contributed by atoms with Crippen molar-refractivity contribution < 1.29 is 19.1 Å². The van der Waals surface area contributed by atoms with Crippen molar-refractivity contribution in [3.05, 3.63) is 0 Å². The molecule has 7 heteroatoms. The number of likely N-dealkylation sites (tertiary alicyclic amines) is 1. The summed E-state index contributed by atoms with van der Waals surface area (Å²) >= 11 is 0. The summed E-state index contributed by atoms with van der Waals surface area (Å²) in [6, 6.07) is -0.640. The quantitative estimate of drug-likeness (QED) is 0.449. The molecule has 1 aliphatic heterocycles. The van der Waals surface area contributed by atoms with Crippen LogP contribution in [0.3, 0.4) is 0 Å². The number of methoxy groups -OCH3 is 1. The van der Waals surface area contributed by atoms with Crippen LogP contribution in [0.15, 0.2) is 0 Å². The van der Waals surface area contributed by atoms with E-state index in [9.17, 15) is 14.4 Å². The number of hydrogen-bond donors (Lipinski definition) is 2. The van der Waals surface area contributed by atoms with Crippen LogP contribution in [-0.4, -0.2) is 61.5 Å². The Kier molecular flexibility index (Phi) is 7.31. The number of nitrogens with one attached hydrogen (secondary N) is 2.